The van der Waals surface area contributed by atoms with Crippen molar-refractivity contribution in [3.05, 3.63) is 18.0 Å². The zero-order chi connectivity index (χ0) is 21.8. The number of aliphatic imine (C=N–C) groups is 1. The van der Waals surface area contributed by atoms with E-state index in [-0.39, 0.29) is 11.7 Å². The molecular formula is C20H30N2O7S. The standard InChI is InChI=1S/C20H30N2O7S/c1-4-5-29-19(24)20(2)14-30-18(22-20)17-16(23)12-15(13-21-17)28-11-10-27-9-8-26-7-6-25-3/h12-13,23H,4-11,14H2,1-3H3/t20-/m1/s1. The number of aromatic hydroxyl groups is 1. The van der Waals surface area contributed by atoms with Gasteiger partial charge in [-0.05, 0) is 13.3 Å². The molecule has 1 N–H and O–H groups in total. The van der Waals surface area contributed by atoms with E-state index < -0.39 is 5.54 Å². The first-order valence-corrected chi connectivity index (χ1v) is 10.8. The molecule has 10 heteroatoms. The summed E-state index contributed by atoms with van der Waals surface area (Å²) in [6.07, 6.45) is 2.26. The molecule has 1 aromatic rings. The fraction of sp³-hybridized carbons (Fsp3) is 0.650. The van der Waals surface area contributed by atoms with E-state index in [1.165, 1.54) is 24.0 Å². The topological polar surface area (TPSA) is 109 Å². The van der Waals surface area contributed by atoms with Crippen LogP contribution in [0, 0.1) is 0 Å². The van der Waals surface area contributed by atoms with Crippen molar-refractivity contribution in [1.29, 1.82) is 0 Å². The lowest BCUT2D eigenvalue weighted by atomic mass is 10.1. The molecule has 0 radical (unpaired) electrons. The number of rotatable bonds is 14. The first-order chi connectivity index (χ1) is 14.5. The zero-order valence-electron chi connectivity index (χ0n) is 17.7. The van der Waals surface area contributed by atoms with Gasteiger partial charge in [0.25, 0.3) is 0 Å². The third-order valence-electron chi connectivity index (χ3n) is 4.06. The van der Waals surface area contributed by atoms with Crippen LogP contribution in [0.5, 0.6) is 11.5 Å². The van der Waals surface area contributed by atoms with Crippen LogP contribution in [0.1, 0.15) is 26.0 Å². The Morgan fingerprint density at radius 1 is 1.17 bits per heavy atom. The van der Waals surface area contributed by atoms with Gasteiger partial charge in [0.15, 0.2) is 5.54 Å². The number of methoxy groups -OCH3 is 1. The number of hydrogen-bond acceptors (Lipinski definition) is 10. The Bertz CT molecular complexity index is 716. The number of thioether (sulfide) groups is 1. The number of carbonyl (C=O) groups is 1. The number of hydrogen-bond donors (Lipinski definition) is 1. The summed E-state index contributed by atoms with van der Waals surface area (Å²) >= 11 is 1.36. The van der Waals surface area contributed by atoms with E-state index in [1.807, 2.05) is 6.92 Å². The molecule has 1 atom stereocenters. The van der Waals surface area contributed by atoms with Crippen LogP contribution in [0.25, 0.3) is 0 Å². The first-order valence-electron chi connectivity index (χ1n) is 9.86. The quantitative estimate of drug-likeness (QED) is 0.342. The van der Waals surface area contributed by atoms with Crippen LogP contribution in [-0.4, -0.2) is 85.8 Å². The summed E-state index contributed by atoms with van der Waals surface area (Å²) < 4.78 is 26.3. The smallest absolute Gasteiger partial charge is 0.334 e. The molecule has 1 aliphatic heterocycles. The van der Waals surface area contributed by atoms with Crippen molar-refractivity contribution < 1.29 is 33.6 Å². The van der Waals surface area contributed by atoms with E-state index in [1.54, 1.807) is 14.0 Å². The molecular weight excluding hydrogens is 412 g/mol. The molecule has 0 saturated carbocycles. The van der Waals surface area contributed by atoms with Gasteiger partial charge >= 0.3 is 5.97 Å². The van der Waals surface area contributed by atoms with Gasteiger partial charge in [0.1, 0.15) is 28.8 Å². The molecule has 0 spiro atoms. The molecule has 1 aromatic heterocycles. The molecule has 168 valence electrons. The molecule has 0 saturated heterocycles. The monoisotopic (exact) mass is 442 g/mol. The van der Waals surface area contributed by atoms with Crippen LogP contribution in [0.15, 0.2) is 17.3 Å². The molecule has 0 aliphatic carbocycles. The highest BCUT2D eigenvalue weighted by atomic mass is 32.2. The predicted octanol–water partition coefficient (Wildman–Crippen LogP) is 2.05. The van der Waals surface area contributed by atoms with Gasteiger partial charge in [-0.15, -0.1) is 11.8 Å². The lowest BCUT2D eigenvalue weighted by molar-refractivity contribution is -0.148. The summed E-state index contributed by atoms with van der Waals surface area (Å²) in [5.41, 5.74) is -0.646. The van der Waals surface area contributed by atoms with Gasteiger partial charge in [0, 0.05) is 18.9 Å². The minimum absolute atomic E-state index is 0.0580. The maximum Gasteiger partial charge on any atom is 0.334 e. The van der Waals surface area contributed by atoms with E-state index in [4.69, 9.17) is 23.7 Å². The third kappa shape index (κ3) is 7.42. The second kappa shape index (κ2) is 12.7. The van der Waals surface area contributed by atoms with Gasteiger partial charge in [-0.1, -0.05) is 6.92 Å². The number of esters is 1. The molecule has 1 aliphatic rings. The molecule has 2 rings (SSSR count). The summed E-state index contributed by atoms with van der Waals surface area (Å²) in [6.45, 7) is 6.78. The summed E-state index contributed by atoms with van der Waals surface area (Å²) in [5.74, 6) is 0.439. The Morgan fingerprint density at radius 3 is 2.53 bits per heavy atom. The predicted molar refractivity (Wildman–Crippen MR) is 114 cm³/mol. The molecule has 0 bridgehead atoms. The highest BCUT2D eigenvalue weighted by molar-refractivity contribution is 8.14. The Labute approximate surface area is 181 Å². The normalized spacial score (nSPS) is 18.3. The second-order valence-electron chi connectivity index (χ2n) is 6.72. The lowest BCUT2D eigenvalue weighted by Crippen LogP contribution is -2.35. The van der Waals surface area contributed by atoms with Gasteiger partial charge in [0.2, 0.25) is 0 Å². The van der Waals surface area contributed by atoms with E-state index in [2.05, 4.69) is 9.98 Å². The Kier molecular flexibility index (Phi) is 10.4. The third-order valence-corrected chi connectivity index (χ3v) is 5.33. The Morgan fingerprint density at radius 2 is 1.87 bits per heavy atom. The van der Waals surface area contributed by atoms with Crippen molar-refractivity contribution in [2.45, 2.75) is 25.8 Å². The molecule has 0 amide bonds. The van der Waals surface area contributed by atoms with Crippen LogP contribution in [-0.2, 0) is 23.7 Å². The number of ether oxygens (including phenoxy) is 5. The lowest BCUT2D eigenvalue weighted by Gasteiger charge is -2.17. The Balaban J connectivity index is 1.80. The van der Waals surface area contributed by atoms with Crippen molar-refractivity contribution in [3.63, 3.8) is 0 Å². The fourth-order valence-corrected chi connectivity index (χ4v) is 3.59. The van der Waals surface area contributed by atoms with Crippen molar-refractivity contribution in [3.8, 4) is 11.5 Å². The average Bonchev–Trinajstić information content (AvgIpc) is 3.14. The number of nitrogens with zero attached hydrogens (tertiary/aromatic N) is 2. The van der Waals surface area contributed by atoms with Gasteiger partial charge < -0.3 is 28.8 Å². The minimum atomic E-state index is -0.969. The molecule has 0 aromatic carbocycles. The van der Waals surface area contributed by atoms with E-state index >= 15 is 0 Å². The van der Waals surface area contributed by atoms with Crippen LogP contribution < -0.4 is 4.74 Å². The number of pyridine rings is 1. The van der Waals surface area contributed by atoms with E-state index in [9.17, 15) is 9.90 Å². The largest absolute Gasteiger partial charge is 0.505 e. The SMILES string of the molecule is CCCOC(=O)[C@@]1(C)CSC(c2ncc(OCCOCCOCCOC)cc2O)=N1. The molecule has 9 nitrogen and oxygen atoms in total. The maximum atomic E-state index is 12.2. The van der Waals surface area contributed by atoms with E-state index in [0.717, 1.165) is 6.42 Å². The number of carbonyl (C=O) groups excluding carboxylic acids is 1. The van der Waals surface area contributed by atoms with Crippen molar-refractivity contribution >= 4 is 22.8 Å². The second-order valence-corrected chi connectivity index (χ2v) is 7.68. The van der Waals surface area contributed by atoms with Gasteiger partial charge in [-0.3, -0.25) is 4.99 Å². The van der Waals surface area contributed by atoms with Crippen molar-refractivity contribution in [2.24, 2.45) is 4.99 Å². The van der Waals surface area contributed by atoms with Crippen LogP contribution in [0.3, 0.4) is 0 Å². The Hall–Kier alpha value is -1.88. The summed E-state index contributed by atoms with van der Waals surface area (Å²) in [5, 5.41) is 10.8. The highest BCUT2D eigenvalue weighted by Crippen LogP contribution is 2.34. The number of aromatic nitrogens is 1. The fourth-order valence-electron chi connectivity index (χ4n) is 2.43. The molecule has 0 unspecified atom stereocenters. The van der Waals surface area contributed by atoms with Crippen molar-refractivity contribution in [2.75, 3.05) is 59.1 Å². The highest BCUT2D eigenvalue weighted by Gasteiger charge is 2.40. The maximum absolute atomic E-state index is 12.2. The van der Waals surface area contributed by atoms with Crippen molar-refractivity contribution in [1.82, 2.24) is 4.98 Å². The van der Waals surface area contributed by atoms with Gasteiger partial charge in [-0.25, -0.2) is 9.78 Å². The zero-order valence-corrected chi connectivity index (χ0v) is 18.5. The molecule has 2 heterocycles. The summed E-state index contributed by atoms with van der Waals surface area (Å²) in [6, 6.07) is 1.48. The first kappa shape index (κ1) is 24.4. The van der Waals surface area contributed by atoms with Crippen LogP contribution in [0.4, 0.5) is 0 Å². The average molecular weight is 443 g/mol. The summed E-state index contributed by atoms with van der Waals surface area (Å²) in [7, 11) is 1.62. The van der Waals surface area contributed by atoms with Crippen LogP contribution >= 0.6 is 11.8 Å². The summed E-state index contributed by atoms with van der Waals surface area (Å²) in [4.78, 5) is 20.9. The minimum Gasteiger partial charge on any atom is -0.505 e. The van der Waals surface area contributed by atoms with Gasteiger partial charge in [0.05, 0.1) is 45.8 Å². The van der Waals surface area contributed by atoms with Gasteiger partial charge in [-0.2, -0.15) is 0 Å². The van der Waals surface area contributed by atoms with Crippen LogP contribution in [0.2, 0.25) is 0 Å². The molecule has 0 fully saturated rings. The van der Waals surface area contributed by atoms with E-state index in [0.29, 0.717) is 68.5 Å². The molecule has 30 heavy (non-hydrogen) atoms.